The van der Waals surface area contributed by atoms with Crippen LogP contribution in [-0.4, -0.2) is 23.6 Å². The lowest BCUT2D eigenvalue weighted by Crippen LogP contribution is -2.19. The molecule has 8 heteroatoms. The first-order valence-electron chi connectivity index (χ1n) is 17.8. The first-order chi connectivity index (χ1) is 23.2. The normalized spacial score (nSPS) is 15.4. The van der Waals surface area contributed by atoms with Crippen molar-refractivity contribution in [1.29, 1.82) is 0 Å². The van der Waals surface area contributed by atoms with Crippen molar-refractivity contribution >= 4 is 46.4 Å². The third kappa shape index (κ3) is 10.0. The smallest absolute Gasteiger partial charge is 0.256 e. The van der Waals surface area contributed by atoms with Gasteiger partial charge in [-0.25, -0.2) is 0 Å². The molecule has 2 saturated carbocycles. The number of anilines is 4. The number of benzene rings is 3. The highest BCUT2D eigenvalue weighted by Crippen LogP contribution is 2.29. The molecule has 3 aromatic carbocycles. The Morgan fingerprint density at radius 3 is 1.33 bits per heavy atom. The van der Waals surface area contributed by atoms with Crippen molar-refractivity contribution in [2.75, 3.05) is 21.3 Å². The number of aryl methyl sites for hydroxylation is 2. The molecule has 5 rings (SSSR count). The van der Waals surface area contributed by atoms with Crippen LogP contribution in [0.1, 0.15) is 122 Å². The molecule has 48 heavy (non-hydrogen) atoms. The van der Waals surface area contributed by atoms with Gasteiger partial charge in [0, 0.05) is 35.3 Å². The molecule has 0 aromatic heterocycles. The molecule has 0 saturated heterocycles. The van der Waals surface area contributed by atoms with Gasteiger partial charge in [-0.3, -0.25) is 19.2 Å². The summed E-state index contributed by atoms with van der Waals surface area (Å²) in [5.74, 6) is 0.477. The maximum Gasteiger partial charge on any atom is 0.256 e. The monoisotopic (exact) mass is 650 g/mol. The molecule has 254 valence electrons. The molecule has 0 bridgehead atoms. The minimum atomic E-state index is -0.346. The van der Waals surface area contributed by atoms with Gasteiger partial charge in [0.1, 0.15) is 0 Å². The van der Waals surface area contributed by atoms with E-state index in [1.807, 2.05) is 38.1 Å². The van der Waals surface area contributed by atoms with E-state index in [2.05, 4.69) is 21.3 Å². The van der Waals surface area contributed by atoms with Gasteiger partial charge in [0.05, 0.1) is 11.4 Å². The fourth-order valence-electron chi connectivity index (χ4n) is 7.04. The minimum absolute atomic E-state index is 0.0396. The molecule has 2 aliphatic carbocycles. The molecule has 2 aliphatic rings. The number of para-hydroxylation sites is 2. The van der Waals surface area contributed by atoms with Crippen LogP contribution >= 0.6 is 0 Å². The molecular weight excluding hydrogens is 600 g/mol. The number of carbonyl (C=O) groups is 4. The summed E-state index contributed by atoms with van der Waals surface area (Å²) >= 11 is 0. The maximum absolute atomic E-state index is 13.5. The molecule has 4 amide bonds. The van der Waals surface area contributed by atoms with E-state index in [0.717, 1.165) is 24.0 Å². The van der Waals surface area contributed by atoms with E-state index in [4.69, 9.17) is 0 Å². The number of hydrogen-bond acceptors (Lipinski definition) is 4. The molecule has 3 aromatic rings. The SMILES string of the molecule is Cc1ccc(NC(=O)CCC2CCCCC2)cc1C(=O)Nc1ccccc1NC(=O)c1cc(NC(=O)CCC2CCCCC2)ccc1C. The third-order valence-electron chi connectivity index (χ3n) is 9.96. The van der Waals surface area contributed by atoms with Crippen molar-refractivity contribution in [1.82, 2.24) is 0 Å². The van der Waals surface area contributed by atoms with E-state index in [0.29, 0.717) is 58.6 Å². The summed E-state index contributed by atoms with van der Waals surface area (Å²) < 4.78 is 0. The Hall–Kier alpha value is -4.46. The van der Waals surface area contributed by atoms with Crippen LogP contribution in [0.4, 0.5) is 22.7 Å². The van der Waals surface area contributed by atoms with E-state index in [1.165, 1.54) is 64.2 Å². The highest BCUT2D eigenvalue weighted by Gasteiger charge is 2.19. The van der Waals surface area contributed by atoms with Crippen LogP contribution in [0.25, 0.3) is 0 Å². The lowest BCUT2D eigenvalue weighted by atomic mass is 9.86. The van der Waals surface area contributed by atoms with Crippen molar-refractivity contribution in [3.05, 3.63) is 82.9 Å². The summed E-state index contributed by atoms with van der Waals surface area (Å²) in [5.41, 5.74) is 4.46. The van der Waals surface area contributed by atoms with Gasteiger partial charge in [0.15, 0.2) is 0 Å². The zero-order chi connectivity index (χ0) is 33.9. The maximum atomic E-state index is 13.5. The molecule has 4 N–H and O–H groups in total. The summed E-state index contributed by atoms with van der Waals surface area (Å²) in [6, 6.07) is 17.7. The molecule has 0 heterocycles. The van der Waals surface area contributed by atoms with Crippen LogP contribution < -0.4 is 21.3 Å². The zero-order valence-electron chi connectivity index (χ0n) is 28.5. The molecule has 0 aliphatic heterocycles. The molecule has 8 nitrogen and oxygen atoms in total. The largest absolute Gasteiger partial charge is 0.326 e. The van der Waals surface area contributed by atoms with Gasteiger partial charge >= 0.3 is 0 Å². The summed E-state index contributed by atoms with van der Waals surface area (Å²) in [6.45, 7) is 3.70. The van der Waals surface area contributed by atoms with Gasteiger partial charge in [-0.05, 0) is 86.1 Å². The van der Waals surface area contributed by atoms with Crippen LogP contribution in [0, 0.1) is 25.7 Å². The molecule has 0 unspecified atom stereocenters. The summed E-state index contributed by atoms with van der Waals surface area (Å²) in [6.07, 6.45) is 15.1. The summed E-state index contributed by atoms with van der Waals surface area (Å²) in [4.78, 5) is 52.4. The Labute approximate surface area is 284 Å². The summed E-state index contributed by atoms with van der Waals surface area (Å²) in [5, 5.41) is 11.8. The predicted molar refractivity (Wildman–Crippen MR) is 194 cm³/mol. The van der Waals surface area contributed by atoms with E-state index in [-0.39, 0.29) is 23.6 Å². The van der Waals surface area contributed by atoms with Gasteiger partial charge in [-0.15, -0.1) is 0 Å². The van der Waals surface area contributed by atoms with Crippen molar-refractivity contribution in [3.8, 4) is 0 Å². The van der Waals surface area contributed by atoms with Crippen molar-refractivity contribution in [2.24, 2.45) is 11.8 Å². The van der Waals surface area contributed by atoms with E-state index in [1.54, 1.807) is 36.4 Å². The average Bonchev–Trinajstić information content (AvgIpc) is 3.10. The standard InChI is InChI=1S/C40H50N4O4/c1-27-17-21-31(41-37(45)23-19-29-11-5-3-6-12-29)25-33(27)39(47)43-35-15-9-10-16-36(35)44-40(48)34-26-32(22-18-28(34)2)42-38(46)24-20-30-13-7-4-8-14-30/h9-10,15-18,21-22,25-26,29-30H,3-8,11-14,19-20,23-24H2,1-2H3,(H,41,45)(H,42,46)(H,43,47)(H,44,48). The number of carbonyl (C=O) groups excluding carboxylic acids is 4. The Morgan fingerprint density at radius 1 is 0.542 bits per heavy atom. The number of rotatable bonds is 12. The zero-order valence-corrected chi connectivity index (χ0v) is 28.5. The van der Waals surface area contributed by atoms with Gasteiger partial charge < -0.3 is 21.3 Å². The Bertz CT molecular complexity index is 1490. The highest BCUT2D eigenvalue weighted by molar-refractivity contribution is 6.11. The topological polar surface area (TPSA) is 116 Å². The highest BCUT2D eigenvalue weighted by atomic mass is 16.2. The Morgan fingerprint density at radius 2 is 0.938 bits per heavy atom. The van der Waals surface area contributed by atoms with Crippen LogP contribution in [-0.2, 0) is 9.59 Å². The van der Waals surface area contributed by atoms with Crippen molar-refractivity contribution in [2.45, 2.75) is 104 Å². The van der Waals surface area contributed by atoms with Gasteiger partial charge in [-0.1, -0.05) is 88.5 Å². The van der Waals surface area contributed by atoms with Crippen LogP contribution in [0.15, 0.2) is 60.7 Å². The van der Waals surface area contributed by atoms with Crippen molar-refractivity contribution < 1.29 is 19.2 Å². The molecule has 0 radical (unpaired) electrons. The average molecular weight is 651 g/mol. The predicted octanol–water partition coefficient (Wildman–Crippen LogP) is 9.41. The molecule has 0 atom stereocenters. The first kappa shape index (κ1) is 34.9. The lowest BCUT2D eigenvalue weighted by Gasteiger charge is -2.21. The first-order valence-corrected chi connectivity index (χ1v) is 17.8. The van der Waals surface area contributed by atoms with E-state index < -0.39 is 0 Å². The third-order valence-corrected chi connectivity index (χ3v) is 9.96. The Balaban J connectivity index is 1.19. The van der Waals surface area contributed by atoms with Crippen molar-refractivity contribution in [3.63, 3.8) is 0 Å². The molecule has 0 spiro atoms. The second-order valence-corrected chi connectivity index (χ2v) is 13.7. The van der Waals surface area contributed by atoms with Gasteiger partial charge in [0.2, 0.25) is 11.8 Å². The quantitative estimate of drug-likeness (QED) is 0.156. The second-order valence-electron chi connectivity index (χ2n) is 13.7. The van der Waals surface area contributed by atoms with E-state index >= 15 is 0 Å². The second kappa shape index (κ2) is 17.1. The van der Waals surface area contributed by atoms with Crippen LogP contribution in [0.5, 0.6) is 0 Å². The minimum Gasteiger partial charge on any atom is -0.326 e. The van der Waals surface area contributed by atoms with E-state index in [9.17, 15) is 19.2 Å². The summed E-state index contributed by atoms with van der Waals surface area (Å²) in [7, 11) is 0. The molecule has 2 fully saturated rings. The number of hydrogen-bond donors (Lipinski definition) is 4. The van der Waals surface area contributed by atoms with Gasteiger partial charge in [0.25, 0.3) is 11.8 Å². The molecular formula is C40H50N4O4. The fourth-order valence-corrected chi connectivity index (χ4v) is 7.04. The van der Waals surface area contributed by atoms with Gasteiger partial charge in [-0.2, -0.15) is 0 Å². The lowest BCUT2D eigenvalue weighted by molar-refractivity contribution is -0.117. The fraction of sp³-hybridized carbons (Fsp3) is 0.450. The number of nitrogens with one attached hydrogen (secondary N) is 4. The van der Waals surface area contributed by atoms with Crippen LogP contribution in [0.2, 0.25) is 0 Å². The Kier molecular flexibility index (Phi) is 12.4. The van der Waals surface area contributed by atoms with Crippen LogP contribution in [0.3, 0.4) is 0 Å². The number of amides is 4.